The molecule has 0 bridgehead atoms. The Morgan fingerprint density at radius 2 is 2.12 bits per heavy atom. The molecular formula is C11H11ClN2O3. The van der Waals surface area contributed by atoms with Crippen molar-refractivity contribution in [1.82, 2.24) is 9.55 Å². The lowest BCUT2D eigenvalue weighted by atomic mass is 10.3. The number of aromatic nitrogens is 2. The molecule has 17 heavy (non-hydrogen) atoms. The number of halogens is 1. The molecule has 1 aromatic carbocycles. The maximum absolute atomic E-state index is 11.7. The predicted octanol–water partition coefficient (Wildman–Crippen LogP) is 0.726. The molecule has 0 spiro atoms. The summed E-state index contributed by atoms with van der Waals surface area (Å²) in [5.74, 6) is 0. The minimum atomic E-state index is -0.705. The van der Waals surface area contributed by atoms with Crippen molar-refractivity contribution in [3.63, 3.8) is 0 Å². The van der Waals surface area contributed by atoms with Crippen molar-refractivity contribution in [2.75, 3.05) is 6.61 Å². The third-order valence-corrected chi connectivity index (χ3v) is 2.82. The summed E-state index contributed by atoms with van der Waals surface area (Å²) in [5.41, 5.74) is -0.330. The molecule has 0 aliphatic carbocycles. The third kappa shape index (κ3) is 2.11. The van der Waals surface area contributed by atoms with E-state index in [-0.39, 0.29) is 13.2 Å². The molecule has 2 rings (SSSR count). The maximum Gasteiger partial charge on any atom is 0.316 e. The first-order valence-electron chi connectivity index (χ1n) is 5.17. The SMILES string of the molecule is O=c1[nH]c2c(Cl)cccc2n(CCCO)c1=O. The number of hydrogen-bond donors (Lipinski definition) is 2. The van der Waals surface area contributed by atoms with Crippen molar-refractivity contribution in [3.05, 3.63) is 43.9 Å². The van der Waals surface area contributed by atoms with Gasteiger partial charge in [0.15, 0.2) is 0 Å². The molecule has 2 aromatic rings. The van der Waals surface area contributed by atoms with Crippen molar-refractivity contribution < 1.29 is 5.11 Å². The van der Waals surface area contributed by atoms with Crippen LogP contribution in [0.3, 0.4) is 0 Å². The van der Waals surface area contributed by atoms with Crippen LogP contribution < -0.4 is 11.1 Å². The summed E-state index contributed by atoms with van der Waals surface area (Å²) in [4.78, 5) is 25.6. The minimum absolute atomic E-state index is 0.0404. The Balaban J connectivity index is 2.78. The van der Waals surface area contributed by atoms with Crippen LogP contribution in [0, 0.1) is 0 Å². The number of aliphatic hydroxyl groups is 1. The number of nitrogens with zero attached hydrogens (tertiary/aromatic N) is 1. The van der Waals surface area contributed by atoms with E-state index in [1.165, 1.54) is 4.57 Å². The van der Waals surface area contributed by atoms with Crippen molar-refractivity contribution in [3.8, 4) is 0 Å². The molecule has 90 valence electrons. The van der Waals surface area contributed by atoms with E-state index in [0.29, 0.717) is 22.5 Å². The Labute approximate surface area is 101 Å². The Morgan fingerprint density at radius 3 is 2.82 bits per heavy atom. The second-order valence-corrected chi connectivity index (χ2v) is 4.03. The number of H-pyrrole nitrogens is 1. The number of hydrogen-bond acceptors (Lipinski definition) is 3. The van der Waals surface area contributed by atoms with E-state index in [9.17, 15) is 9.59 Å². The summed E-state index contributed by atoms with van der Waals surface area (Å²) in [6, 6.07) is 5.05. The van der Waals surface area contributed by atoms with Crippen molar-refractivity contribution in [1.29, 1.82) is 0 Å². The highest BCUT2D eigenvalue weighted by Gasteiger charge is 2.08. The van der Waals surface area contributed by atoms with Crippen LogP contribution in [-0.2, 0) is 6.54 Å². The molecule has 0 atom stereocenters. The molecule has 0 aliphatic rings. The van der Waals surface area contributed by atoms with Gasteiger partial charge in [0.05, 0.1) is 16.1 Å². The molecule has 0 unspecified atom stereocenters. The van der Waals surface area contributed by atoms with Crippen molar-refractivity contribution >= 4 is 22.6 Å². The Morgan fingerprint density at radius 1 is 1.35 bits per heavy atom. The second kappa shape index (κ2) is 4.73. The number of aryl methyl sites for hydroxylation is 1. The van der Waals surface area contributed by atoms with Crippen LogP contribution in [0.5, 0.6) is 0 Å². The van der Waals surface area contributed by atoms with E-state index in [2.05, 4.69) is 4.98 Å². The lowest BCUT2D eigenvalue weighted by Crippen LogP contribution is -2.36. The van der Waals surface area contributed by atoms with Crippen LogP contribution in [0.4, 0.5) is 0 Å². The number of fused-ring (bicyclic) bond motifs is 1. The zero-order valence-electron chi connectivity index (χ0n) is 8.94. The van der Waals surface area contributed by atoms with Crippen LogP contribution in [-0.4, -0.2) is 21.3 Å². The standard InChI is InChI=1S/C11H11ClN2O3/c12-7-3-1-4-8-9(7)13-10(16)11(17)14(8)5-2-6-15/h1,3-4,15H,2,5-6H2,(H,13,16). The molecule has 0 fully saturated rings. The monoisotopic (exact) mass is 254 g/mol. The van der Waals surface area contributed by atoms with Gasteiger partial charge >= 0.3 is 11.1 Å². The fourth-order valence-electron chi connectivity index (χ4n) is 1.71. The molecule has 0 saturated carbocycles. The largest absolute Gasteiger partial charge is 0.396 e. The van der Waals surface area contributed by atoms with Gasteiger partial charge in [0.1, 0.15) is 0 Å². The summed E-state index contributed by atoms with van der Waals surface area (Å²) >= 11 is 5.95. The van der Waals surface area contributed by atoms with Gasteiger partial charge < -0.3 is 14.7 Å². The number of benzene rings is 1. The summed E-state index contributed by atoms with van der Waals surface area (Å²) in [6.07, 6.45) is 0.408. The smallest absolute Gasteiger partial charge is 0.316 e. The quantitative estimate of drug-likeness (QED) is 0.793. The fourth-order valence-corrected chi connectivity index (χ4v) is 1.93. The molecule has 0 saturated heterocycles. The highest BCUT2D eigenvalue weighted by atomic mass is 35.5. The van der Waals surface area contributed by atoms with E-state index < -0.39 is 11.1 Å². The van der Waals surface area contributed by atoms with Crippen LogP contribution in [0.1, 0.15) is 6.42 Å². The first-order valence-corrected chi connectivity index (χ1v) is 5.55. The Kier molecular flexibility index (Phi) is 3.31. The van der Waals surface area contributed by atoms with Gasteiger partial charge in [-0.3, -0.25) is 9.59 Å². The molecule has 6 heteroatoms. The molecule has 0 amide bonds. The zero-order valence-corrected chi connectivity index (χ0v) is 9.70. The van der Waals surface area contributed by atoms with E-state index >= 15 is 0 Å². The maximum atomic E-state index is 11.7. The van der Waals surface area contributed by atoms with Crippen LogP contribution in [0.2, 0.25) is 5.02 Å². The molecule has 2 N–H and O–H groups in total. The highest BCUT2D eigenvalue weighted by Crippen LogP contribution is 2.18. The average molecular weight is 255 g/mol. The minimum Gasteiger partial charge on any atom is -0.396 e. The van der Waals surface area contributed by atoms with Gasteiger partial charge in [0, 0.05) is 13.2 Å². The average Bonchev–Trinajstić information content (AvgIpc) is 2.31. The predicted molar refractivity (Wildman–Crippen MR) is 65.5 cm³/mol. The normalized spacial score (nSPS) is 10.9. The number of rotatable bonds is 3. The van der Waals surface area contributed by atoms with Gasteiger partial charge in [0.25, 0.3) is 0 Å². The van der Waals surface area contributed by atoms with E-state index in [1.807, 2.05) is 0 Å². The summed E-state index contributed by atoms with van der Waals surface area (Å²) in [7, 11) is 0. The molecular weight excluding hydrogens is 244 g/mol. The number of para-hydroxylation sites is 1. The lowest BCUT2D eigenvalue weighted by molar-refractivity contribution is 0.280. The molecule has 1 aromatic heterocycles. The molecule has 5 nitrogen and oxygen atoms in total. The van der Waals surface area contributed by atoms with Crippen molar-refractivity contribution in [2.24, 2.45) is 0 Å². The summed E-state index contributed by atoms with van der Waals surface area (Å²) in [5, 5.41) is 9.17. The Bertz CT molecular complexity index is 660. The summed E-state index contributed by atoms with van der Waals surface area (Å²) < 4.78 is 1.33. The Hall–Kier alpha value is -1.59. The van der Waals surface area contributed by atoms with Gasteiger partial charge in [-0.1, -0.05) is 17.7 Å². The lowest BCUT2D eigenvalue weighted by Gasteiger charge is -2.09. The van der Waals surface area contributed by atoms with Crippen LogP contribution in [0.25, 0.3) is 11.0 Å². The van der Waals surface area contributed by atoms with Crippen LogP contribution >= 0.6 is 11.6 Å². The molecule has 0 radical (unpaired) electrons. The van der Waals surface area contributed by atoms with Gasteiger partial charge in [-0.25, -0.2) is 0 Å². The van der Waals surface area contributed by atoms with E-state index in [1.54, 1.807) is 18.2 Å². The van der Waals surface area contributed by atoms with E-state index in [4.69, 9.17) is 16.7 Å². The first kappa shape index (κ1) is 11.9. The number of nitrogens with one attached hydrogen (secondary N) is 1. The number of aromatic amines is 1. The van der Waals surface area contributed by atoms with Crippen LogP contribution in [0.15, 0.2) is 27.8 Å². The fraction of sp³-hybridized carbons (Fsp3) is 0.273. The van der Waals surface area contributed by atoms with Gasteiger partial charge in [-0.05, 0) is 18.6 Å². The van der Waals surface area contributed by atoms with E-state index in [0.717, 1.165) is 0 Å². The zero-order chi connectivity index (χ0) is 12.4. The highest BCUT2D eigenvalue weighted by molar-refractivity contribution is 6.34. The van der Waals surface area contributed by atoms with Gasteiger partial charge in [-0.15, -0.1) is 0 Å². The topological polar surface area (TPSA) is 75.1 Å². The van der Waals surface area contributed by atoms with Gasteiger partial charge in [-0.2, -0.15) is 0 Å². The molecule has 1 heterocycles. The second-order valence-electron chi connectivity index (χ2n) is 3.62. The number of aliphatic hydroxyl groups excluding tert-OH is 1. The van der Waals surface area contributed by atoms with Crippen molar-refractivity contribution in [2.45, 2.75) is 13.0 Å². The third-order valence-electron chi connectivity index (χ3n) is 2.50. The first-order chi connectivity index (χ1) is 8.15. The summed E-state index contributed by atoms with van der Waals surface area (Å²) in [6.45, 7) is 0.247. The van der Waals surface area contributed by atoms with Gasteiger partial charge in [0.2, 0.25) is 0 Å². The molecule has 0 aliphatic heterocycles.